The van der Waals surface area contributed by atoms with Crippen LogP contribution in [0.5, 0.6) is 0 Å². The molecule has 0 aliphatic carbocycles. The van der Waals surface area contributed by atoms with Gasteiger partial charge in [0.15, 0.2) is 0 Å². The second-order valence-electron chi connectivity index (χ2n) is 6.41. The highest BCUT2D eigenvalue weighted by atomic mass is 15.2. The first-order chi connectivity index (χ1) is 9.31. The molecular weight excluding hydrogens is 234 g/mol. The van der Waals surface area contributed by atoms with Gasteiger partial charge in [-0.15, -0.1) is 0 Å². The molecule has 0 aromatic heterocycles. The van der Waals surface area contributed by atoms with Gasteiger partial charge in [-0.05, 0) is 77.3 Å². The molecule has 19 heavy (non-hydrogen) atoms. The molecule has 0 unspecified atom stereocenters. The van der Waals surface area contributed by atoms with Crippen molar-refractivity contribution >= 4 is 0 Å². The monoisotopic (exact) mass is 267 g/mol. The lowest BCUT2D eigenvalue weighted by molar-refractivity contribution is 0.126. The molecule has 2 aliphatic rings. The summed E-state index contributed by atoms with van der Waals surface area (Å²) in [6, 6.07) is 0.790. The van der Waals surface area contributed by atoms with Crippen molar-refractivity contribution in [3.05, 3.63) is 0 Å². The molecule has 2 fully saturated rings. The van der Waals surface area contributed by atoms with Crippen molar-refractivity contribution in [3.8, 4) is 0 Å². The van der Waals surface area contributed by atoms with E-state index in [4.69, 9.17) is 0 Å². The second kappa shape index (κ2) is 8.23. The first kappa shape index (κ1) is 15.3. The average molecular weight is 267 g/mol. The molecule has 0 bridgehead atoms. The summed E-state index contributed by atoms with van der Waals surface area (Å²) in [6.45, 7) is 13.6. The number of likely N-dealkylation sites (tertiary alicyclic amines) is 2. The minimum Gasteiger partial charge on any atom is -0.314 e. The van der Waals surface area contributed by atoms with Crippen molar-refractivity contribution in [2.24, 2.45) is 5.92 Å². The van der Waals surface area contributed by atoms with Crippen LogP contribution in [0.15, 0.2) is 0 Å². The molecule has 0 amide bonds. The SMILES string of the molecule is CCCNC1CCN(CC2CCN(CC)CC2)CC1. The molecule has 1 N–H and O–H groups in total. The van der Waals surface area contributed by atoms with Crippen molar-refractivity contribution in [1.82, 2.24) is 15.1 Å². The molecule has 2 rings (SSSR count). The lowest BCUT2D eigenvalue weighted by Gasteiger charge is -2.37. The smallest absolute Gasteiger partial charge is 0.00914 e. The van der Waals surface area contributed by atoms with Gasteiger partial charge >= 0.3 is 0 Å². The molecule has 0 atom stereocenters. The van der Waals surface area contributed by atoms with E-state index in [2.05, 4.69) is 29.0 Å². The van der Waals surface area contributed by atoms with Gasteiger partial charge in [0.1, 0.15) is 0 Å². The highest BCUT2D eigenvalue weighted by Gasteiger charge is 2.23. The fraction of sp³-hybridized carbons (Fsp3) is 1.00. The van der Waals surface area contributed by atoms with Gasteiger partial charge in [0.25, 0.3) is 0 Å². The van der Waals surface area contributed by atoms with Crippen LogP contribution in [0.2, 0.25) is 0 Å². The van der Waals surface area contributed by atoms with E-state index in [1.54, 1.807) is 0 Å². The number of nitrogens with zero attached hydrogens (tertiary/aromatic N) is 2. The summed E-state index contributed by atoms with van der Waals surface area (Å²) in [5.74, 6) is 0.961. The van der Waals surface area contributed by atoms with E-state index in [0.717, 1.165) is 12.0 Å². The Kier molecular flexibility index (Phi) is 6.62. The van der Waals surface area contributed by atoms with E-state index in [0.29, 0.717) is 0 Å². The zero-order valence-corrected chi connectivity index (χ0v) is 13.0. The molecule has 2 heterocycles. The third-order valence-electron chi connectivity index (χ3n) is 4.94. The Bertz CT molecular complexity index is 228. The van der Waals surface area contributed by atoms with Crippen molar-refractivity contribution < 1.29 is 0 Å². The van der Waals surface area contributed by atoms with Crippen LogP contribution in [-0.4, -0.2) is 61.7 Å². The zero-order valence-electron chi connectivity index (χ0n) is 13.0. The van der Waals surface area contributed by atoms with E-state index in [9.17, 15) is 0 Å². The maximum absolute atomic E-state index is 3.68. The molecule has 0 radical (unpaired) electrons. The Balaban J connectivity index is 1.60. The maximum atomic E-state index is 3.68. The number of piperidine rings is 2. The summed E-state index contributed by atoms with van der Waals surface area (Å²) in [7, 11) is 0. The van der Waals surface area contributed by atoms with Gasteiger partial charge in [-0.2, -0.15) is 0 Å². The normalized spacial score (nSPS) is 24.9. The molecule has 2 saturated heterocycles. The van der Waals surface area contributed by atoms with E-state index in [-0.39, 0.29) is 0 Å². The van der Waals surface area contributed by atoms with Gasteiger partial charge in [0.05, 0.1) is 0 Å². The van der Waals surface area contributed by atoms with E-state index >= 15 is 0 Å². The Hall–Kier alpha value is -0.120. The summed E-state index contributed by atoms with van der Waals surface area (Å²) in [5, 5.41) is 3.68. The summed E-state index contributed by atoms with van der Waals surface area (Å²) < 4.78 is 0. The molecule has 0 aromatic rings. The Morgan fingerprint density at radius 1 is 0.895 bits per heavy atom. The van der Waals surface area contributed by atoms with Crippen LogP contribution in [0.3, 0.4) is 0 Å². The summed E-state index contributed by atoms with van der Waals surface area (Å²) in [5.41, 5.74) is 0. The molecule has 0 spiro atoms. The summed E-state index contributed by atoms with van der Waals surface area (Å²) in [4.78, 5) is 5.31. The second-order valence-corrected chi connectivity index (χ2v) is 6.41. The average Bonchev–Trinajstić information content (AvgIpc) is 2.47. The van der Waals surface area contributed by atoms with Crippen LogP contribution in [0.4, 0.5) is 0 Å². The largest absolute Gasteiger partial charge is 0.314 e. The summed E-state index contributed by atoms with van der Waals surface area (Å²) >= 11 is 0. The number of hydrogen-bond acceptors (Lipinski definition) is 3. The Labute approximate surface area is 119 Å². The first-order valence-corrected chi connectivity index (χ1v) is 8.50. The first-order valence-electron chi connectivity index (χ1n) is 8.50. The molecule has 0 saturated carbocycles. The fourth-order valence-electron chi connectivity index (χ4n) is 3.52. The van der Waals surface area contributed by atoms with Crippen LogP contribution in [0.25, 0.3) is 0 Å². The van der Waals surface area contributed by atoms with E-state index in [1.165, 1.54) is 77.9 Å². The predicted molar refractivity (Wildman–Crippen MR) is 82.6 cm³/mol. The molecule has 112 valence electrons. The molecule has 3 nitrogen and oxygen atoms in total. The number of hydrogen-bond donors (Lipinski definition) is 1. The number of rotatable bonds is 6. The van der Waals surface area contributed by atoms with Crippen molar-refractivity contribution in [1.29, 1.82) is 0 Å². The van der Waals surface area contributed by atoms with Crippen LogP contribution < -0.4 is 5.32 Å². The Morgan fingerprint density at radius 3 is 2.11 bits per heavy atom. The molecular formula is C16H33N3. The Morgan fingerprint density at radius 2 is 1.53 bits per heavy atom. The zero-order chi connectivity index (χ0) is 13.5. The highest BCUT2D eigenvalue weighted by Crippen LogP contribution is 2.20. The fourth-order valence-corrected chi connectivity index (χ4v) is 3.52. The summed E-state index contributed by atoms with van der Waals surface area (Å²) in [6.07, 6.45) is 6.81. The van der Waals surface area contributed by atoms with E-state index in [1.807, 2.05) is 0 Å². The quantitative estimate of drug-likeness (QED) is 0.796. The van der Waals surface area contributed by atoms with Crippen molar-refractivity contribution in [2.45, 2.75) is 52.0 Å². The lowest BCUT2D eigenvalue weighted by atomic mass is 9.95. The van der Waals surface area contributed by atoms with Crippen LogP contribution in [-0.2, 0) is 0 Å². The minimum atomic E-state index is 0.790. The van der Waals surface area contributed by atoms with Crippen molar-refractivity contribution in [3.63, 3.8) is 0 Å². The van der Waals surface area contributed by atoms with Crippen LogP contribution in [0, 0.1) is 5.92 Å². The predicted octanol–water partition coefficient (Wildman–Crippen LogP) is 2.18. The van der Waals surface area contributed by atoms with Gasteiger partial charge in [-0.3, -0.25) is 0 Å². The van der Waals surface area contributed by atoms with Gasteiger partial charge in [-0.25, -0.2) is 0 Å². The molecule has 2 aliphatic heterocycles. The van der Waals surface area contributed by atoms with Gasteiger partial charge < -0.3 is 15.1 Å². The third kappa shape index (κ3) is 5.05. The number of nitrogens with one attached hydrogen (secondary N) is 1. The standard InChI is InChI=1S/C16H33N3/c1-3-9-17-16-7-12-19(13-8-16)14-15-5-10-18(4-2)11-6-15/h15-17H,3-14H2,1-2H3. The van der Waals surface area contributed by atoms with E-state index < -0.39 is 0 Å². The van der Waals surface area contributed by atoms with Gasteiger partial charge in [0.2, 0.25) is 0 Å². The lowest BCUT2D eigenvalue weighted by Crippen LogP contribution is -2.45. The van der Waals surface area contributed by atoms with Gasteiger partial charge in [0, 0.05) is 12.6 Å². The molecule has 0 aromatic carbocycles. The van der Waals surface area contributed by atoms with Crippen molar-refractivity contribution in [2.75, 3.05) is 45.8 Å². The maximum Gasteiger partial charge on any atom is 0.00914 e. The van der Waals surface area contributed by atoms with Crippen LogP contribution >= 0.6 is 0 Å². The molecule has 3 heteroatoms. The topological polar surface area (TPSA) is 18.5 Å². The van der Waals surface area contributed by atoms with Gasteiger partial charge in [-0.1, -0.05) is 13.8 Å². The highest BCUT2D eigenvalue weighted by molar-refractivity contribution is 4.80. The third-order valence-corrected chi connectivity index (χ3v) is 4.94. The van der Waals surface area contributed by atoms with Crippen LogP contribution in [0.1, 0.15) is 46.0 Å². The minimum absolute atomic E-state index is 0.790.